The van der Waals surface area contributed by atoms with E-state index in [0.717, 1.165) is 18.4 Å². The molecular formula is C18H25FN4O2. The molecule has 25 heavy (non-hydrogen) atoms. The van der Waals surface area contributed by atoms with Gasteiger partial charge < -0.3 is 15.5 Å². The van der Waals surface area contributed by atoms with Gasteiger partial charge in [0, 0.05) is 38.8 Å². The zero-order valence-corrected chi connectivity index (χ0v) is 14.5. The Hall–Kier alpha value is -2.15. The van der Waals surface area contributed by atoms with E-state index < -0.39 is 6.04 Å². The molecule has 6 nitrogen and oxygen atoms in total. The molecule has 1 aliphatic heterocycles. The van der Waals surface area contributed by atoms with Crippen LogP contribution in [-0.4, -0.2) is 60.5 Å². The molecule has 1 heterocycles. The van der Waals surface area contributed by atoms with Crippen molar-refractivity contribution in [1.82, 2.24) is 20.4 Å². The maximum absolute atomic E-state index is 13.3. The number of hydrogen-bond acceptors (Lipinski definition) is 3. The monoisotopic (exact) mass is 348 g/mol. The Labute approximate surface area is 147 Å². The predicted octanol–water partition coefficient (Wildman–Crippen LogP) is 1.49. The molecule has 1 saturated heterocycles. The van der Waals surface area contributed by atoms with Gasteiger partial charge in [-0.2, -0.15) is 0 Å². The summed E-state index contributed by atoms with van der Waals surface area (Å²) in [6.07, 6.45) is 2.04. The quantitative estimate of drug-likeness (QED) is 0.847. The predicted molar refractivity (Wildman–Crippen MR) is 92.5 cm³/mol. The third-order valence-corrected chi connectivity index (χ3v) is 4.65. The zero-order chi connectivity index (χ0) is 17.8. The molecule has 2 N–H and O–H groups in total. The van der Waals surface area contributed by atoms with Gasteiger partial charge in [-0.05, 0) is 37.5 Å². The molecule has 7 heteroatoms. The summed E-state index contributed by atoms with van der Waals surface area (Å²) in [7, 11) is 0. The molecule has 0 spiro atoms. The van der Waals surface area contributed by atoms with Gasteiger partial charge in [-0.1, -0.05) is 12.1 Å². The molecule has 2 aliphatic rings. The normalized spacial score (nSPS) is 19.4. The average molecular weight is 348 g/mol. The van der Waals surface area contributed by atoms with Crippen LogP contribution in [0.2, 0.25) is 0 Å². The Morgan fingerprint density at radius 1 is 1.16 bits per heavy atom. The van der Waals surface area contributed by atoms with Crippen molar-refractivity contribution in [3.8, 4) is 0 Å². The number of benzene rings is 1. The van der Waals surface area contributed by atoms with Crippen molar-refractivity contribution in [2.75, 3.05) is 32.7 Å². The second-order valence-corrected chi connectivity index (χ2v) is 6.60. The highest BCUT2D eigenvalue weighted by molar-refractivity contribution is 5.83. The summed E-state index contributed by atoms with van der Waals surface area (Å²) in [4.78, 5) is 28.5. The van der Waals surface area contributed by atoms with E-state index in [9.17, 15) is 14.0 Å². The van der Waals surface area contributed by atoms with Crippen LogP contribution in [0.4, 0.5) is 9.18 Å². The van der Waals surface area contributed by atoms with Crippen LogP contribution in [0.15, 0.2) is 24.3 Å². The van der Waals surface area contributed by atoms with Crippen molar-refractivity contribution in [2.45, 2.75) is 31.8 Å². The topological polar surface area (TPSA) is 64.7 Å². The Bertz CT molecular complexity index is 610. The fraction of sp³-hybridized carbons (Fsp3) is 0.556. The van der Waals surface area contributed by atoms with E-state index in [1.807, 2.05) is 6.92 Å². The fourth-order valence-electron chi connectivity index (χ4n) is 3.13. The summed E-state index contributed by atoms with van der Waals surface area (Å²) in [5.41, 5.74) is 0.783. The molecule has 1 aliphatic carbocycles. The maximum Gasteiger partial charge on any atom is 0.317 e. The minimum atomic E-state index is -0.447. The number of carbonyl (C=O) groups is 2. The smallest absolute Gasteiger partial charge is 0.317 e. The third-order valence-electron chi connectivity index (χ3n) is 4.65. The highest BCUT2D eigenvalue weighted by atomic mass is 19.1. The number of amides is 3. The zero-order valence-electron chi connectivity index (χ0n) is 14.5. The highest BCUT2D eigenvalue weighted by Crippen LogP contribution is 2.26. The van der Waals surface area contributed by atoms with Gasteiger partial charge in [0.25, 0.3) is 0 Å². The number of halogens is 1. The Morgan fingerprint density at radius 3 is 2.36 bits per heavy atom. The van der Waals surface area contributed by atoms with Gasteiger partial charge >= 0.3 is 6.03 Å². The van der Waals surface area contributed by atoms with Gasteiger partial charge in [0.2, 0.25) is 5.91 Å². The Kier molecular flexibility index (Phi) is 5.53. The summed E-state index contributed by atoms with van der Waals surface area (Å²) in [6.45, 7) is 4.84. The lowest BCUT2D eigenvalue weighted by Gasteiger charge is -2.38. The lowest BCUT2D eigenvalue weighted by molar-refractivity contribution is -0.127. The van der Waals surface area contributed by atoms with Crippen LogP contribution in [0.1, 0.15) is 31.4 Å². The van der Waals surface area contributed by atoms with Crippen LogP contribution in [0.3, 0.4) is 0 Å². The molecule has 3 rings (SSSR count). The SMILES string of the molecule is CCNC(=O)N1CCN(C(C(=O)NC2CC2)c2ccc(F)cc2)CC1. The molecule has 3 amide bonds. The molecule has 2 fully saturated rings. The standard InChI is InChI=1S/C18H25FN4O2/c1-2-20-18(25)23-11-9-22(10-12-23)16(17(24)21-15-7-8-15)13-3-5-14(19)6-4-13/h3-6,15-16H,2,7-12H2,1H3,(H,20,25)(H,21,24). The molecule has 0 aromatic heterocycles. The number of urea groups is 1. The first kappa shape index (κ1) is 17.7. The van der Waals surface area contributed by atoms with Gasteiger partial charge in [0.15, 0.2) is 0 Å². The van der Waals surface area contributed by atoms with E-state index in [2.05, 4.69) is 15.5 Å². The first-order chi connectivity index (χ1) is 12.1. The van der Waals surface area contributed by atoms with Gasteiger partial charge in [-0.15, -0.1) is 0 Å². The van der Waals surface area contributed by atoms with Gasteiger partial charge in [0.05, 0.1) is 0 Å². The summed E-state index contributed by atoms with van der Waals surface area (Å²) < 4.78 is 13.3. The van der Waals surface area contributed by atoms with Gasteiger partial charge in [0.1, 0.15) is 11.9 Å². The highest BCUT2D eigenvalue weighted by Gasteiger charge is 2.34. The summed E-state index contributed by atoms with van der Waals surface area (Å²) in [5, 5.41) is 5.85. The molecule has 1 aromatic carbocycles. The third kappa shape index (κ3) is 4.48. The summed E-state index contributed by atoms with van der Waals surface area (Å²) in [6, 6.07) is 5.87. The number of nitrogens with zero attached hydrogens (tertiary/aromatic N) is 2. The molecule has 136 valence electrons. The van der Waals surface area contributed by atoms with Crippen molar-refractivity contribution in [2.24, 2.45) is 0 Å². The number of rotatable bonds is 5. The Morgan fingerprint density at radius 2 is 1.80 bits per heavy atom. The van der Waals surface area contributed by atoms with Crippen LogP contribution < -0.4 is 10.6 Å². The van der Waals surface area contributed by atoms with Crippen molar-refractivity contribution in [3.05, 3.63) is 35.6 Å². The number of piperazine rings is 1. The van der Waals surface area contributed by atoms with E-state index >= 15 is 0 Å². The molecule has 1 unspecified atom stereocenters. The van der Waals surface area contributed by atoms with E-state index in [-0.39, 0.29) is 23.8 Å². The Balaban J connectivity index is 1.70. The molecule has 0 bridgehead atoms. The van der Waals surface area contributed by atoms with Gasteiger partial charge in [-0.3, -0.25) is 9.69 Å². The summed E-state index contributed by atoms with van der Waals surface area (Å²) >= 11 is 0. The van der Waals surface area contributed by atoms with Gasteiger partial charge in [-0.25, -0.2) is 9.18 Å². The maximum atomic E-state index is 13.3. The van der Waals surface area contributed by atoms with Crippen molar-refractivity contribution in [1.29, 1.82) is 0 Å². The lowest BCUT2D eigenvalue weighted by Crippen LogP contribution is -2.54. The van der Waals surface area contributed by atoms with Crippen molar-refractivity contribution >= 4 is 11.9 Å². The second kappa shape index (κ2) is 7.82. The van der Waals surface area contributed by atoms with E-state index in [4.69, 9.17) is 0 Å². The summed E-state index contributed by atoms with van der Waals surface area (Å²) in [5.74, 6) is -0.355. The van der Waals surface area contributed by atoms with Crippen LogP contribution in [0, 0.1) is 5.82 Å². The number of nitrogens with one attached hydrogen (secondary N) is 2. The van der Waals surface area contributed by atoms with E-state index in [1.165, 1.54) is 12.1 Å². The molecule has 1 aromatic rings. The lowest BCUT2D eigenvalue weighted by atomic mass is 10.0. The number of carbonyl (C=O) groups excluding carboxylic acids is 2. The molecule has 0 radical (unpaired) electrons. The minimum Gasteiger partial charge on any atom is -0.352 e. The van der Waals surface area contributed by atoms with E-state index in [0.29, 0.717) is 32.7 Å². The first-order valence-electron chi connectivity index (χ1n) is 8.91. The van der Waals surface area contributed by atoms with Crippen LogP contribution in [0.5, 0.6) is 0 Å². The number of hydrogen-bond donors (Lipinski definition) is 2. The van der Waals surface area contributed by atoms with E-state index in [1.54, 1.807) is 17.0 Å². The first-order valence-corrected chi connectivity index (χ1v) is 8.91. The van der Waals surface area contributed by atoms with Crippen LogP contribution in [0.25, 0.3) is 0 Å². The van der Waals surface area contributed by atoms with Crippen LogP contribution in [-0.2, 0) is 4.79 Å². The average Bonchev–Trinajstić information content (AvgIpc) is 3.41. The van der Waals surface area contributed by atoms with Crippen molar-refractivity contribution in [3.63, 3.8) is 0 Å². The van der Waals surface area contributed by atoms with Crippen molar-refractivity contribution < 1.29 is 14.0 Å². The molecular weight excluding hydrogens is 323 g/mol. The molecule has 1 atom stereocenters. The second-order valence-electron chi connectivity index (χ2n) is 6.60. The minimum absolute atomic E-state index is 0.0411. The largest absolute Gasteiger partial charge is 0.352 e. The fourth-order valence-corrected chi connectivity index (χ4v) is 3.13. The van der Waals surface area contributed by atoms with Crippen LogP contribution >= 0.6 is 0 Å². The molecule has 1 saturated carbocycles.